The lowest BCUT2D eigenvalue weighted by molar-refractivity contribution is -0.132. The Labute approximate surface area is 212 Å². The maximum atomic E-state index is 13.4. The quantitative estimate of drug-likeness (QED) is 0.251. The predicted octanol–water partition coefficient (Wildman–Crippen LogP) is 5.73. The van der Waals surface area contributed by atoms with Gasteiger partial charge in [-0.1, -0.05) is 49.4 Å². The zero-order valence-corrected chi connectivity index (χ0v) is 21.2. The average molecular weight is 485 g/mol. The summed E-state index contributed by atoms with van der Waals surface area (Å²) in [5, 5.41) is 11.3. The van der Waals surface area contributed by atoms with Gasteiger partial charge in [0.15, 0.2) is 0 Å². The maximum Gasteiger partial charge on any atom is 0.300 e. The molecule has 6 nitrogen and oxygen atoms in total. The first-order valence-corrected chi connectivity index (χ1v) is 12.3. The van der Waals surface area contributed by atoms with Crippen molar-refractivity contribution in [2.45, 2.75) is 33.2 Å². The number of methoxy groups -OCH3 is 1. The molecule has 0 bridgehead atoms. The van der Waals surface area contributed by atoms with Gasteiger partial charge < -0.3 is 14.7 Å². The van der Waals surface area contributed by atoms with Gasteiger partial charge in [0.2, 0.25) is 0 Å². The van der Waals surface area contributed by atoms with Crippen LogP contribution in [0.15, 0.2) is 78.4 Å². The molecule has 1 saturated heterocycles. The number of Topliss-reactive ketones (excluding diaryl/α,β-unsaturated/α-hetero) is 1. The summed E-state index contributed by atoms with van der Waals surface area (Å²) in [4.78, 5) is 30.4. The summed E-state index contributed by atoms with van der Waals surface area (Å²) in [5.74, 6) is -1.01. The molecule has 0 radical (unpaired) electrons. The van der Waals surface area contributed by atoms with Gasteiger partial charge in [-0.2, -0.15) is 0 Å². The van der Waals surface area contributed by atoms with Gasteiger partial charge in [-0.25, -0.2) is 0 Å². The van der Waals surface area contributed by atoms with Crippen molar-refractivity contribution in [3.63, 3.8) is 0 Å². The summed E-state index contributed by atoms with van der Waals surface area (Å²) >= 11 is 0. The fraction of sp³-hybridized carbons (Fsp3) is 0.267. The van der Waals surface area contributed by atoms with Crippen molar-refractivity contribution in [2.75, 3.05) is 30.0 Å². The summed E-state index contributed by atoms with van der Waals surface area (Å²) < 4.78 is 5.36. The number of hydrogen-bond donors (Lipinski definition) is 1. The monoisotopic (exact) mass is 484 g/mol. The molecule has 1 aliphatic heterocycles. The molecule has 1 heterocycles. The normalized spacial score (nSPS) is 16.9. The highest BCUT2D eigenvalue weighted by Crippen LogP contribution is 2.43. The van der Waals surface area contributed by atoms with E-state index in [0.29, 0.717) is 17.0 Å². The third-order valence-corrected chi connectivity index (χ3v) is 6.75. The van der Waals surface area contributed by atoms with Crippen LogP contribution in [0.2, 0.25) is 0 Å². The second-order valence-corrected chi connectivity index (χ2v) is 8.68. The second-order valence-electron chi connectivity index (χ2n) is 8.68. The Kier molecular flexibility index (Phi) is 7.44. The first kappa shape index (κ1) is 25.0. The summed E-state index contributed by atoms with van der Waals surface area (Å²) in [6.07, 6.45) is 0.861. The Morgan fingerprint density at radius 2 is 1.61 bits per heavy atom. The number of amides is 1. The summed E-state index contributed by atoms with van der Waals surface area (Å²) in [5.41, 5.74) is 4.00. The van der Waals surface area contributed by atoms with E-state index in [1.54, 1.807) is 43.5 Å². The molecule has 4 rings (SSSR count). The molecule has 1 unspecified atom stereocenters. The zero-order valence-electron chi connectivity index (χ0n) is 21.2. The van der Waals surface area contributed by atoms with Gasteiger partial charge in [-0.05, 0) is 55.7 Å². The molecule has 6 heteroatoms. The van der Waals surface area contributed by atoms with Crippen LogP contribution in [-0.4, -0.2) is 37.0 Å². The van der Waals surface area contributed by atoms with Crippen molar-refractivity contribution >= 4 is 28.8 Å². The number of hydrogen-bond acceptors (Lipinski definition) is 5. The van der Waals surface area contributed by atoms with Crippen LogP contribution in [0, 0.1) is 0 Å². The number of carbonyl (C=O) groups is 2. The molecule has 0 spiro atoms. The lowest BCUT2D eigenvalue weighted by Crippen LogP contribution is -2.29. The van der Waals surface area contributed by atoms with E-state index in [1.165, 1.54) is 4.90 Å². The lowest BCUT2D eigenvalue weighted by atomic mass is 9.94. The average Bonchev–Trinajstić information content (AvgIpc) is 3.19. The Bertz CT molecular complexity index is 1280. The minimum Gasteiger partial charge on any atom is -0.507 e. The molecule has 1 fully saturated rings. The highest BCUT2D eigenvalue weighted by atomic mass is 16.5. The lowest BCUT2D eigenvalue weighted by Gasteiger charge is -2.27. The Balaban J connectivity index is 1.89. The Hall–Kier alpha value is -4.06. The smallest absolute Gasteiger partial charge is 0.300 e. The van der Waals surface area contributed by atoms with E-state index in [1.807, 2.05) is 36.4 Å². The SMILES string of the molecule is CCc1ccc(/C(O)=C2\C(=O)C(=O)N(c3cccc(OC)c3)C2c2ccc(N(CC)CC)cc2)cc1. The van der Waals surface area contributed by atoms with Gasteiger partial charge in [-0.15, -0.1) is 0 Å². The van der Waals surface area contributed by atoms with E-state index in [4.69, 9.17) is 4.74 Å². The second kappa shape index (κ2) is 10.7. The van der Waals surface area contributed by atoms with Crippen molar-refractivity contribution in [2.24, 2.45) is 0 Å². The van der Waals surface area contributed by atoms with Crippen molar-refractivity contribution in [3.05, 3.63) is 95.1 Å². The van der Waals surface area contributed by atoms with Crippen LogP contribution in [0.3, 0.4) is 0 Å². The van der Waals surface area contributed by atoms with E-state index in [0.717, 1.165) is 36.3 Å². The maximum absolute atomic E-state index is 13.4. The molecule has 186 valence electrons. The van der Waals surface area contributed by atoms with E-state index in [2.05, 4.69) is 25.7 Å². The van der Waals surface area contributed by atoms with E-state index in [-0.39, 0.29) is 11.3 Å². The largest absolute Gasteiger partial charge is 0.507 e. The number of nitrogens with zero attached hydrogens (tertiary/aromatic N) is 2. The summed E-state index contributed by atoms with van der Waals surface area (Å²) in [6.45, 7) is 7.98. The van der Waals surface area contributed by atoms with Gasteiger partial charge in [0.05, 0.1) is 18.7 Å². The first-order chi connectivity index (χ1) is 17.4. The van der Waals surface area contributed by atoms with Gasteiger partial charge in [-0.3, -0.25) is 14.5 Å². The van der Waals surface area contributed by atoms with E-state index in [9.17, 15) is 14.7 Å². The van der Waals surface area contributed by atoms with Crippen LogP contribution in [-0.2, 0) is 16.0 Å². The summed E-state index contributed by atoms with van der Waals surface area (Å²) in [6, 6.07) is 21.5. The van der Waals surface area contributed by atoms with Crippen molar-refractivity contribution in [1.82, 2.24) is 0 Å². The van der Waals surface area contributed by atoms with Gasteiger partial charge in [0, 0.05) is 36.1 Å². The van der Waals surface area contributed by atoms with E-state index >= 15 is 0 Å². The number of ketones is 1. The van der Waals surface area contributed by atoms with Gasteiger partial charge in [0.1, 0.15) is 11.5 Å². The first-order valence-electron chi connectivity index (χ1n) is 12.3. The molecule has 3 aromatic carbocycles. The minimum absolute atomic E-state index is 0.0719. The number of ether oxygens (including phenoxy) is 1. The fourth-order valence-corrected chi connectivity index (χ4v) is 4.68. The van der Waals surface area contributed by atoms with Crippen molar-refractivity contribution in [1.29, 1.82) is 0 Å². The molecule has 0 aliphatic carbocycles. The molecule has 0 saturated carbocycles. The number of rotatable bonds is 8. The minimum atomic E-state index is -0.784. The van der Waals surface area contributed by atoms with E-state index < -0.39 is 17.7 Å². The van der Waals surface area contributed by atoms with Crippen molar-refractivity contribution < 1.29 is 19.4 Å². The third kappa shape index (κ3) is 4.59. The Morgan fingerprint density at radius 3 is 2.19 bits per heavy atom. The molecular formula is C30H32N2O4. The third-order valence-electron chi connectivity index (χ3n) is 6.75. The molecular weight excluding hydrogens is 452 g/mol. The standard InChI is InChI=1S/C30H32N2O4/c1-5-20-11-13-22(14-12-20)28(33)26-27(21-15-17-23(18-16-21)31(6-2)7-3)32(30(35)29(26)34)24-9-8-10-25(19-24)36-4/h8-19,27,33H,5-7H2,1-4H3/b28-26+. The topological polar surface area (TPSA) is 70.1 Å². The van der Waals surface area contributed by atoms with Crippen LogP contribution in [0.4, 0.5) is 11.4 Å². The fourth-order valence-electron chi connectivity index (χ4n) is 4.68. The number of carbonyl (C=O) groups excluding carboxylic acids is 2. The van der Waals surface area contributed by atoms with Gasteiger partial charge >= 0.3 is 0 Å². The highest BCUT2D eigenvalue weighted by molar-refractivity contribution is 6.51. The highest BCUT2D eigenvalue weighted by Gasteiger charge is 2.47. The van der Waals surface area contributed by atoms with Gasteiger partial charge in [0.25, 0.3) is 11.7 Å². The molecule has 1 amide bonds. The number of aliphatic hydroxyl groups is 1. The van der Waals surface area contributed by atoms with Crippen LogP contribution < -0.4 is 14.5 Å². The predicted molar refractivity (Wildman–Crippen MR) is 144 cm³/mol. The molecule has 1 N–H and O–H groups in total. The van der Waals surface area contributed by atoms with Crippen LogP contribution in [0.1, 0.15) is 43.5 Å². The van der Waals surface area contributed by atoms with Crippen LogP contribution in [0.25, 0.3) is 5.76 Å². The number of aryl methyl sites for hydroxylation is 1. The number of benzene rings is 3. The molecule has 1 atom stereocenters. The molecule has 1 aliphatic rings. The Morgan fingerprint density at radius 1 is 0.944 bits per heavy atom. The molecule has 36 heavy (non-hydrogen) atoms. The molecule has 0 aromatic heterocycles. The molecule has 3 aromatic rings. The van der Waals surface area contributed by atoms with Crippen LogP contribution in [0.5, 0.6) is 5.75 Å². The summed E-state index contributed by atoms with van der Waals surface area (Å²) in [7, 11) is 1.55. The zero-order chi connectivity index (χ0) is 25.8. The number of aliphatic hydroxyl groups excluding tert-OH is 1. The van der Waals surface area contributed by atoms with Crippen molar-refractivity contribution in [3.8, 4) is 5.75 Å². The number of anilines is 2. The van der Waals surface area contributed by atoms with Crippen LogP contribution >= 0.6 is 0 Å².